The Kier molecular flexibility index (Phi) is 3.11. The van der Waals surface area contributed by atoms with Crippen LogP contribution in [0.3, 0.4) is 0 Å². The highest BCUT2D eigenvalue weighted by Crippen LogP contribution is 2.32. The van der Waals surface area contributed by atoms with Crippen molar-refractivity contribution in [3.8, 4) is 0 Å². The topological polar surface area (TPSA) is 12.0 Å². The molecule has 0 unspecified atom stereocenters. The first-order valence-electron chi connectivity index (χ1n) is 6.00. The van der Waals surface area contributed by atoms with Crippen molar-refractivity contribution in [2.24, 2.45) is 5.41 Å². The molecule has 1 aliphatic heterocycles. The predicted octanol–water partition coefficient (Wildman–Crippen LogP) is 2.93. The third-order valence-electron chi connectivity index (χ3n) is 3.44. The number of benzene rings is 1. The van der Waals surface area contributed by atoms with E-state index in [1.807, 2.05) is 0 Å². The van der Waals surface area contributed by atoms with Crippen LogP contribution in [0.5, 0.6) is 0 Å². The molecule has 0 bridgehead atoms. The van der Waals surface area contributed by atoms with Crippen LogP contribution in [0.25, 0.3) is 0 Å². The lowest BCUT2D eigenvalue weighted by Gasteiger charge is -2.43. The lowest BCUT2D eigenvalue weighted by molar-refractivity contribution is 0.151. The molecule has 2 rings (SSSR count). The minimum atomic E-state index is 0.558. The van der Waals surface area contributed by atoms with Gasteiger partial charge in [-0.05, 0) is 30.7 Å². The summed E-state index contributed by atoms with van der Waals surface area (Å²) < 4.78 is 0. The van der Waals surface area contributed by atoms with Gasteiger partial charge in [-0.1, -0.05) is 43.2 Å². The Morgan fingerprint density at radius 3 is 2.67 bits per heavy atom. The van der Waals surface area contributed by atoms with Gasteiger partial charge in [-0.2, -0.15) is 0 Å². The molecular formula is C14H21N. The average molecular weight is 203 g/mol. The van der Waals surface area contributed by atoms with Gasteiger partial charge in [0.1, 0.15) is 0 Å². The summed E-state index contributed by atoms with van der Waals surface area (Å²) in [5.41, 5.74) is 3.44. The molecule has 0 aliphatic carbocycles. The Morgan fingerprint density at radius 1 is 1.33 bits per heavy atom. The van der Waals surface area contributed by atoms with Crippen molar-refractivity contribution in [3.63, 3.8) is 0 Å². The maximum absolute atomic E-state index is 3.42. The molecule has 1 fully saturated rings. The molecule has 0 radical (unpaired) electrons. The molecule has 1 aromatic rings. The van der Waals surface area contributed by atoms with E-state index in [-0.39, 0.29) is 0 Å². The maximum atomic E-state index is 3.42. The van der Waals surface area contributed by atoms with Crippen molar-refractivity contribution in [1.29, 1.82) is 0 Å². The van der Waals surface area contributed by atoms with Crippen molar-refractivity contribution in [1.82, 2.24) is 5.32 Å². The zero-order valence-electron chi connectivity index (χ0n) is 9.84. The second-order valence-corrected chi connectivity index (χ2v) is 5.02. The van der Waals surface area contributed by atoms with E-state index in [1.54, 1.807) is 0 Å². The number of rotatable bonds is 4. The molecule has 0 spiro atoms. The lowest BCUT2D eigenvalue weighted by atomic mass is 9.73. The molecule has 1 heteroatoms. The fourth-order valence-electron chi connectivity index (χ4n) is 2.65. The number of aryl methyl sites for hydroxylation is 1. The molecule has 1 aromatic carbocycles. The molecule has 1 saturated heterocycles. The van der Waals surface area contributed by atoms with E-state index in [2.05, 4.69) is 43.4 Å². The van der Waals surface area contributed by atoms with Crippen LogP contribution in [0.1, 0.15) is 30.9 Å². The SMILES string of the molecule is CCCC1(Cc2cccc(C)c2)CNC1. The van der Waals surface area contributed by atoms with Crippen LogP contribution in [0, 0.1) is 12.3 Å². The summed E-state index contributed by atoms with van der Waals surface area (Å²) in [5.74, 6) is 0. The first-order valence-corrected chi connectivity index (χ1v) is 6.00. The van der Waals surface area contributed by atoms with Crippen LogP contribution in [0.15, 0.2) is 24.3 Å². The predicted molar refractivity (Wildman–Crippen MR) is 65.1 cm³/mol. The first kappa shape index (κ1) is 10.7. The van der Waals surface area contributed by atoms with Crippen LogP contribution in [-0.2, 0) is 6.42 Å². The standard InChI is InChI=1S/C14H21N/c1-3-7-14(10-15-11-14)9-13-6-4-5-12(2)8-13/h4-6,8,15H,3,7,9-11H2,1-2H3. The van der Waals surface area contributed by atoms with Gasteiger partial charge in [0.15, 0.2) is 0 Å². The number of hydrogen-bond acceptors (Lipinski definition) is 1. The first-order chi connectivity index (χ1) is 7.24. The molecule has 1 N–H and O–H groups in total. The van der Waals surface area contributed by atoms with Gasteiger partial charge in [0.25, 0.3) is 0 Å². The second kappa shape index (κ2) is 4.36. The fraction of sp³-hybridized carbons (Fsp3) is 0.571. The molecule has 1 nitrogen and oxygen atoms in total. The third kappa shape index (κ3) is 2.40. The van der Waals surface area contributed by atoms with Crippen molar-refractivity contribution in [2.75, 3.05) is 13.1 Å². The number of nitrogens with one attached hydrogen (secondary N) is 1. The summed E-state index contributed by atoms with van der Waals surface area (Å²) in [4.78, 5) is 0. The van der Waals surface area contributed by atoms with E-state index >= 15 is 0 Å². The molecule has 0 atom stereocenters. The molecule has 1 aliphatic rings. The van der Waals surface area contributed by atoms with Crippen LogP contribution in [0.4, 0.5) is 0 Å². The van der Waals surface area contributed by atoms with E-state index in [9.17, 15) is 0 Å². The van der Waals surface area contributed by atoms with Crippen molar-refractivity contribution in [2.45, 2.75) is 33.1 Å². The van der Waals surface area contributed by atoms with Gasteiger partial charge >= 0.3 is 0 Å². The van der Waals surface area contributed by atoms with Crippen LogP contribution in [0.2, 0.25) is 0 Å². The fourth-order valence-corrected chi connectivity index (χ4v) is 2.65. The van der Waals surface area contributed by atoms with Gasteiger partial charge in [-0.3, -0.25) is 0 Å². The Labute approximate surface area is 92.9 Å². The van der Waals surface area contributed by atoms with E-state index < -0.39 is 0 Å². The molecule has 0 saturated carbocycles. The molecule has 82 valence electrons. The minimum absolute atomic E-state index is 0.558. The molecule has 1 heterocycles. The van der Waals surface area contributed by atoms with Crippen molar-refractivity contribution >= 4 is 0 Å². The summed E-state index contributed by atoms with van der Waals surface area (Å²) >= 11 is 0. The molecule has 15 heavy (non-hydrogen) atoms. The second-order valence-electron chi connectivity index (χ2n) is 5.02. The average Bonchev–Trinajstić information content (AvgIpc) is 2.15. The Hall–Kier alpha value is -0.820. The van der Waals surface area contributed by atoms with Crippen molar-refractivity contribution in [3.05, 3.63) is 35.4 Å². The molecule has 0 aromatic heterocycles. The van der Waals surface area contributed by atoms with Crippen LogP contribution < -0.4 is 5.32 Å². The summed E-state index contributed by atoms with van der Waals surface area (Å²) in [5, 5.41) is 3.42. The summed E-state index contributed by atoms with van der Waals surface area (Å²) in [7, 11) is 0. The zero-order valence-corrected chi connectivity index (χ0v) is 9.84. The zero-order chi connectivity index (χ0) is 10.7. The Morgan fingerprint density at radius 2 is 2.13 bits per heavy atom. The Bertz CT molecular complexity index is 326. The smallest absolute Gasteiger partial charge is 0.00234 e. The quantitative estimate of drug-likeness (QED) is 0.793. The minimum Gasteiger partial charge on any atom is -0.316 e. The molecular weight excluding hydrogens is 182 g/mol. The van der Waals surface area contributed by atoms with Crippen molar-refractivity contribution < 1.29 is 0 Å². The van der Waals surface area contributed by atoms with Crippen LogP contribution in [-0.4, -0.2) is 13.1 Å². The Balaban J connectivity index is 2.06. The van der Waals surface area contributed by atoms with E-state index in [0.29, 0.717) is 5.41 Å². The van der Waals surface area contributed by atoms with E-state index in [4.69, 9.17) is 0 Å². The summed E-state index contributed by atoms with van der Waals surface area (Å²) in [6.07, 6.45) is 3.90. The highest BCUT2D eigenvalue weighted by Gasteiger charge is 2.35. The van der Waals surface area contributed by atoms with Gasteiger partial charge in [0.05, 0.1) is 0 Å². The summed E-state index contributed by atoms with van der Waals surface area (Å²) in [6, 6.07) is 8.95. The normalized spacial score (nSPS) is 18.5. The van der Waals surface area contributed by atoms with Crippen LogP contribution >= 0.6 is 0 Å². The van der Waals surface area contributed by atoms with E-state index in [0.717, 1.165) is 0 Å². The largest absolute Gasteiger partial charge is 0.316 e. The molecule has 0 amide bonds. The highest BCUT2D eigenvalue weighted by atomic mass is 15.0. The van der Waals surface area contributed by atoms with Gasteiger partial charge in [-0.15, -0.1) is 0 Å². The maximum Gasteiger partial charge on any atom is 0.00234 e. The van der Waals surface area contributed by atoms with Gasteiger partial charge in [-0.25, -0.2) is 0 Å². The van der Waals surface area contributed by atoms with Gasteiger partial charge in [0, 0.05) is 13.1 Å². The third-order valence-corrected chi connectivity index (χ3v) is 3.44. The lowest BCUT2D eigenvalue weighted by Crippen LogP contribution is -2.54. The number of hydrogen-bond donors (Lipinski definition) is 1. The van der Waals surface area contributed by atoms with E-state index in [1.165, 1.54) is 43.5 Å². The monoisotopic (exact) mass is 203 g/mol. The summed E-state index contributed by atoms with van der Waals surface area (Å²) in [6.45, 7) is 6.87. The van der Waals surface area contributed by atoms with Gasteiger partial charge < -0.3 is 5.32 Å². The highest BCUT2D eigenvalue weighted by molar-refractivity contribution is 5.24. The van der Waals surface area contributed by atoms with Gasteiger partial charge in [0.2, 0.25) is 0 Å².